The summed E-state index contributed by atoms with van der Waals surface area (Å²) >= 11 is 0. The van der Waals surface area contributed by atoms with Gasteiger partial charge in [-0.15, -0.1) is 13.2 Å². The van der Waals surface area contributed by atoms with Gasteiger partial charge in [0.15, 0.2) is 0 Å². The fourth-order valence-corrected chi connectivity index (χ4v) is 3.91. The molecule has 0 saturated heterocycles. The van der Waals surface area contributed by atoms with E-state index in [0.29, 0.717) is 29.5 Å². The molecule has 9 heteroatoms. The van der Waals surface area contributed by atoms with Crippen LogP contribution in [-0.4, -0.2) is 25.5 Å². The van der Waals surface area contributed by atoms with Gasteiger partial charge in [0.05, 0.1) is 12.2 Å². The molecule has 0 saturated carbocycles. The van der Waals surface area contributed by atoms with Crippen LogP contribution in [0.15, 0.2) is 64.3 Å². The number of ether oxygens (including phenoxy) is 3. The van der Waals surface area contributed by atoms with Crippen molar-refractivity contribution in [1.29, 1.82) is 0 Å². The molecule has 0 aliphatic heterocycles. The molecule has 1 aromatic heterocycles. The molecule has 0 aliphatic carbocycles. The van der Waals surface area contributed by atoms with Crippen LogP contribution in [0, 0.1) is 5.41 Å². The fraction of sp³-hybridized carbons (Fsp3) is 0.400. The number of rotatable bonds is 13. The molecule has 210 valence electrons. The third-order valence-electron chi connectivity index (χ3n) is 6.51. The number of halogens is 3. The lowest BCUT2D eigenvalue weighted by Gasteiger charge is -2.27. The third-order valence-corrected chi connectivity index (χ3v) is 6.51. The molecule has 1 heterocycles. The minimum atomic E-state index is -4.92. The quantitative estimate of drug-likeness (QED) is 0.0950. The smallest absolute Gasteiger partial charge is 0.493 e. The molecule has 0 spiro atoms. The van der Waals surface area contributed by atoms with Crippen molar-refractivity contribution in [2.45, 2.75) is 59.2 Å². The van der Waals surface area contributed by atoms with Crippen molar-refractivity contribution in [1.82, 2.24) is 0 Å². The summed E-state index contributed by atoms with van der Waals surface area (Å²) in [6.45, 7) is 9.64. The van der Waals surface area contributed by atoms with Crippen LogP contribution in [0.3, 0.4) is 0 Å². The van der Waals surface area contributed by atoms with Crippen molar-refractivity contribution in [2.75, 3.05) is 13.2 Å². The first-order valence-electron chi connectivity index (χ1n) is 12.9. The first-order chi connectivity index (χ1) is 18.5. The lowest BCUT2D eigenvalue weighted by Crippen LogP contribution is -2.30. The van der Waals surface area contributed by atoms with E-state index in [2.05, 4.69) is 11.3 Å². The van der Waals surface area contributed by atoms with Crippen LogP contribution in [-0.2, 0) is 16.0 Å². The maximum atomic E-state index is 13.2. The molecule has 1 unspecified atom stereocenters. The average molecular weight is 547 g/mol. The Balaban J connectivity index is 1.88. The standard InChI is InChI=1S/C30H33F3O6/c1-5-8-9-10-20-11-14-23(26(15-20)39-30(31,32)33)24-16-21-12-13-22(17-25(21)38-28(24)35)36-18-29(4,7-3)19-37-27(34)6-2/h6,11-17H,2,5,7-10,18-19H2,1,3-4H3. The van der Waals surface area contributed by atoms with Crippen LogP contribution < -0.4 is 15.1 Å². The van der Waals surface area contributed by atoms with E-state index < -0.39 is 29.1 Å². The topological polar surface area (TPSA) is 75.0 Å². The second-order valence-electron chi connectivity index (χ2n) is 9.75. The van der Waals surface area contributed by atoms with Crippen molar-refractivity contribution in [3.05, 3.63) is 71.1 Å². The highest BCUT2D eigenvalue weighted by Gasteiger charge is 2.33. The van der Waals surface area contributed by atoms with E-state index in [1.807, 2.05) is 20.8 Å². The zero-order valence-electron chi connectivity index (χ0n) is 22.4. The normalized spacial score (nSPS) is 13.1. The zero-order chi connectivity index (χ0) is 28.6. The Morgan fingerprint density at radius 1 is 1.03 bits per heavy atom. The van der Waals surface area contributed by atoms with E-state index in [-0.39, 0.29) is 29.9 Å². The number of aryl methyl sites for hydroxylation is 1. The molecule has 3 aromatic rings. The number of carbonyl (C=O) groups is 1. The van der Waals surface area contributed by atoms with E-state index >= 15 is 0 Å². The van der Waals surface area contributed by atoms with Gasteiger partial charge in [-0.05, 0) is 49.1 Å². The van der Waals surface area contributed by atoms with Gasteiger partial charge in [0, 0.05) is 28.5 Å². The van der Waals surface area contributed by atoms with Crippen molar-refractivity contribution < 1.29 is 36.6 Å². The van der Waals surface area contributed by atoms with Crippen molar-refractivity contribution in [3.63, 3.8) is 0 Å². The maximum absolute atomic E-state index is 13.2. The minimum absolute atomic E-state index is 0.00433. The van der Waals surface area contributed by atoms with E-state index in [1.54, 1.807) is 18.2 Å². The molecular weight excluding hydrogens is 513 g/mol. The first-order valence-corrected chi connectivity index (χ1v) is 12.9. The minimum Gasteiger partial charge on any atom is -0.493 e. The Bertz CT molecular complexity index is 1360. The van der Waals surface area contributed by atoms with E-state index in [1.165, 1.54) is 24.3 Å². The largest absolute Gasteiger partial charge is 0.573 e. The number of carbonyl (C=O) groups excluding carboxylic acids is 1. The highest BCUT2D eigenvalue weighted by atomic mass is 19.4. The molecule has 3 rings (SSSR count). The van der Waals surface area contributed by atoms with Gasteiger partial charge in [-0.25, -0.2) is 9.59 Å². The van der Waals surface area contributed by atoms with Crippen LogP contribution in [0.2, 0.25) is 0 Å². The molecule has 0 radical (unpaired) electrons. The second kappa shape index (κ2) is 12.9. The molecule has 0 fully saturated rings. The van der Waals surface area contributed by atoms with Crippen LogP contribution in [0.5, 0.6) is 11.5 Å². The van der Waals surface area contributed by atoms with Crippen molar-refractivity contribution in [2.24, 2.45) is 5.41 Å². The molecule has 1 atom stereocenters. The molecule has 39 heavy (non-hydrogen) atoms. The van der Waals surface area contributed by atoms with Gasteiger partial charge < -0.3 is 18.6 Å². The number of hydrogen-bond acceptors (Lipinski definition) is 6. The van der Waals surface area contributed by atoms with Crippen LogP contribution in [0.25, 0.3) is 22.1 Å². The van der Waals surface area contributed by atoms with Gasteiger partial charge in [0.25, 0.3) is 0 Å². The molecule has 0 N–H and O–H groups in total. The molecule has 0 bridgehead atoms. The zero-order valence-corrected chi connectivity index (χ0v) is 22.4. The van der Waals surface area contributed by atoms with Crippen LogP contribution in [0.1, 0.15) is 52.0 Å². The van der Waals surface area contributed by atoms with Gasteiger partial charge in [-0.2, -0.15) is 0 Å². The van der Waals surface area contributed by atoms with E-state index in [9.17, 15) is 22.8 Å². The van der Waals surface area contributed by atoms with Gasteiger partial charge in [0.1, 0.15) is 23.7 Å². The predicted molar refractivity (Wildman–Crippen MR) is 143 cm³/mol. The molecule has 2 aromatic carbocycles. The lowest BCUT2D eigenvalue weighted by molar-refractivity contribution is -0.274. The van der Waals surface area contributed by atoms with E-state index in [4.69, 9.17) is 13.9 Å². The monoisotopic (exact) mass is 546 g/mol. The molecule has 0 amide bonds. The maximum Gasteiger partial charge on any atom is 0.573 e. The van der Waals surface area contributed by atoms with Crippen molar-refractivity contribution >= 4 is 16.9 Å². The van der Waals surface area contributed by atoms with Gasteiger partial charge in [0.2, 0.25) is 0 Å². The summed E-state index contributed by atoms with van der Waals surface area (Å²) in [5.41, 5.74) is -0.409. The summed E-state index contributed by atoms with van der Waals surface area (Å²) in [6.07, 6.45) is 0.221. The molecular formula is C30H33F3O6. The summed E-state index contributed by atoms with van der Waals surface area (Å²) in [6, 6.07) is 10.8. The van der Waals surface area contributed by atoms with E-state index in [0.717, 1.165) is 25.3 Å². The summed E-state index contributed by atoms with van der Waals surface area (Å²) in [7, 11) is 0. The predicted octanol–water partition coefficient (Wildman–Crippen LogP) is 7.62. The Morgan fingerprint density at radius 3 is 2.46 bits per heavy atom. The number of fused-ring (bicyclic) bond motifs is 1. The van der Waals surface area contributed by atoms with Crippen LogP contribution >= 0.6 is 0 Å². The third kappa shape index (κ3) is 8.37. The van der Waals surface area contributed by atoms with Crippen LogP contribution in [0.4, 0.5) is 13.2 Å². The summed E-state index contributed by atoms with van der Waals surface area (Å²) in [5.74, 6) is -0.544. The number of benzene rings is 2. The Morgan fingerprint density at radius 2 is 1.79 bits per heavy atom. The molecule has 6 nitrogen and oxygen atoms in total. The fourth-order valence-electron chi connectivity index (χ4n) is 3.91. The Labute approximate surface area is 225 Å². The Kier molecular flexibility index (Phi) is 9.83. The lowest BCUT2D eigenvalue weighted by atomic mass is 9.90. The summed E-state index contributed by atoms with van der Waals surface area (Å²) in [4.78, 5) is 24.3. The Hall–Kier alpha value is -3.75. The number of alkyl halides is 3. The SMILES string of the molecule is C=CC(=O)OCC(C)(CC)COc1ccc2cc(-c3ccc(CCCCC)cc3OC(F)(F)F)c(=O)oc2c1. The number of unbranched alkanes of at least 4 members (excludes halogenated alkanes) is 2. The first kappa shape index (κ1) is 29.8. The second-order valence-corrected chi connectivity index (χ2v) is 9.75. The summed E-state index contributed by atoms with van der Waals surface area (Å²) < 4.78 is 60.4. The van der Waals surface area contributed by atoms with Gasteiger partial charge >= 0.3 is 18.0 Å². The van der Waals surface area contributed by atoms with Gasteiger partial charge in [-0.1, -0.05) is 52.3 Å². The number of esters is 1. The average Bonchev–Trinajstić information content (AvgIpc) is 2.89. The highest BCUT2D eigenvalue weighted by molar-refractivity contribution is 5.84. The number of hydrogen-bond donors (Lipinski definition) is 0. The highest BCUT2D eigenvalue weighted by Crippen LogP contribution is 2.35. The van der Waals surface area contributed by atoms with Gasteiger partial charge in [-0.3, -0.25) is 0 Å². The molecule has 0 aliphatic rings. The summed E-state index contributed by atoms with van der Waals surface area (Å²) in [5, 5.41) is 0.500. The van der Waals surface area contributed by atoms with Crippen molar-refractivity contribution in [3.8, 4) is 22.6 Å².